The molecule has 4 aromatic carbocycles. The summed E-state index contributed by atoms with van der Waals surface area (Å²) in [5.74, 6) is -3.31. The van der Waals surface area contributed by atoms with Gasteiger partial charge in [-0.2, -0.15) is 74.3 Å². The van der Waals surface area contributed by atoms with Crippen LogP contribution in [0.2, 0.25) is 10.0 Å². The first-order valence-corrected chi connectivity index (χ1v) is 22.8. The number of benzene rings is 4. The minimum absolute atomic E-state index is 0. The number of hydrogen-bond donors (Lipinski definition) is 6. The largest absolute Gasteiger partial charge is 0.504 e. The third kappa shape index (κ3) is 11.7. The number of halogens is 2. The van der Waals surface area contributed by atoms with Crippen molar-refractivity contribution in [2.24, 2.45) is 30.7 Å². The number of anilines is 2. The van der Waals surface area contributed by atoms with Gasteiger partial charge >= 0.3 is 0 Å². The number of aromatic hydroxyl groups is 2. The van der Waals surface area contributed by atoms with E-state index in [4.69, 9.17) is 41.4 Å². The molecule has 6 N–H and O–H groups in total. The van der Waals surface area contributed by atoms with Crippen molar-refractivity contribution < 1.29 is 89.0 Å². The first-order valence-electron chi connectivity index (χ1n) is 16.3. The molecule has 0 aromatic heterocycles. The van der Waals surface area contributed by atoms with Gasteiger partial charge in [-0.25, -0.2) is 0 Å². The Labute approximate surface area is 377 Å². The van der Waals surface area contributed by atoms with Gasteiger partial charge in [0.2, 0.25) is 0 Å². The molecule has 24 nitrogen and oxygen atoms in total. The number of hydrogen-bond acceptors (Lipinski definition) is 18. The van der Waals surface area contributed by atoms with Gasteiger partial charge < -0.3 is 10.2 Å². The van der Waals surface area contributed by atoms with Gasteiger partial charge in [0.15, 0.2) is 23.6 Å². The molecule has 0 aliphatic carbocycles. The van der Waals surface area contributed by atoms with E-state index in [-0.39, 0.29) is 50.2 Å². The summed E-state index contributed by atoms with van der Waals surface area (Å²) in [6.45, 7) is 2.88. The van der Waals surface area contributed by atoms with Crippen molar-refractivity contribution in [3.05, 3.63) is 82.8 Å². The van der Waals surface area contributed by atoms with Crippen LogP contribution in [0, 0.1) is 0 Å². The maximum Gasteiger partial charge on any atom is 0.298 e. The molecule has 0 saturated carbocycles. The van der Waals surface area contributed by atoms with E-state index in [0.717, 1.165) is 58.5 Å². The van der Waals surface area contributed by atoms with Gasteiger partial charge in [-0.15, -0.1) is 0 Å². The number of carbonyl (C=O) groups is 2. The van der Waals surface area contributed by atoms with Crippen LogP contribution in [0.4, 0.5) is 22.7 Å². The number of hydrazone groups is 2. The predicted octanol–water partition coefficient (Wildman–Crippen LogP) is 4.83. The van der Waals surface area contributed by atoms with Crippen LogP contribution in [0.3, 0.4) is 0 Å². The van der Waals surface area contributed by atoms with Crippen LogP contribution in [-0.4, -0.2) is 97.4 Å². The summed E-state index contributed by atoms with van der Waals surface area (Å²) >= 11 is 11.6. The molecular formula is C32H26Cl2CrN8O16S4. The minimum Gasteiger partial charge on any atom is -0.504 e. The summed E-state index contributed by atoms with van der Waals surface area (Å²) in [6, 6.07) is 10.9. The van der Waals surface area contributed by atoms with E-state index < -0.39 is 107 Å². The second-order valence-electron chi connectivity index (χ2n) is 12.5. The molecular weight excluding hydrogens is 1000 g/mol. The van der Waals surface area contributed by atoms with Gasteiger partial charge in [-0.1, -0.05) is 35.3 Å². The molecule has 0 saturated heterocycles. The first kappa shape index (κ1) is 50.4. The van der Waals surface area contributed by atoms with Crippen LogP contribution in [0.1, 0.15) is 13.8 Å². The molecule has 334 valence electrons. The molecule has 2 aliphatic rings. The van der Waals surface area contributed by atoms with Gasteiger partial charge in [0.1, 0.15) is 21.2 Å². The second kappa shape index (κ2) is 18.8. The van der Waals surface area contributed by atoms with Crippen molar-refractivity contribution in [3.8, 4) is 11.5 Å². The Kier molecular flexibility index (Phi) is 15.0. The normalized spacial score (nSPS) is 17.1. The van der Waals surface area contributed by atoms with Crippen molar-refractivity contribution in [3.63, 3.8) is 0 Å². The monoisotopic (exact) mass is 1030 g/mol. The van der Waals surface area contributed by atoms with Crippen molar-refractivity contribution in [2.45, 2.75) is 45.5 Å². The van der Waals surface area contributed by atoms with Gasteiger partial charge in [0.05, 0.1) is 32.6 Å². The van der Waals surface area contributed by atoms with E-state index in [1.165, 1.54) is 38.1 Å². The Morgan fingerprint density at radius 2 is 0.889 bits per heavy atom. The molecule has 0 fully saturated rings. The fourth-order valence-corrected chi connectivity index (χ4v) is 8.05. The molecule has 6 rings (SSSR count). The number of carbonyl (C=O) groups excluding carboxylic acids is 2. The van der Waals surface area contributed by atoms with Gasteiger partial charge in [0.25, 0.3) is 52.3 Å². The summed E-state index contributed by atoms with van der Waals surface area (Å²) < 4.78 is 127. The summed E-state index contributed by atoms with van der Waals surface area (Å²) in [7, 11) is -18.6. The van der Waals surface area contributed by atoms with Crippen molar-refractivity contribution in [1.29, 1.82) is 0 Å². The van der Waals surface area contributed by atoms with Crippen molar-refractivity contribution in [2.75, 3.05) is 10.0 Å². The number of nitrogens with zero attached hydrogens (tertiary/aromatic N) is 8. The number of azo groups is 2. The molecule has 2 aliphatic heterocycles. The average molecular weight is 1030 g/mol. The van der Waals surface area contributed by atoms with Crippen LogP contribution in [0.25, 0.3) is 0 Å². The predicted molar refractivity (Wildman–Crippen MR) is 216 cm³/mol. The van der Waals surface area contributed by atoms with Crippen molar-refractivity contribution in [1.82, 2.24) is 0 Å². The third-order valence-electron chi connectivity index (χ3n) is 8.07. The molecule has 2 heterocycles. The Morgan fingerprint density at radius 3 is 1.19 bits per heavy atom. The fraction of sp³-hybridized carbons (Fsp3) is 0.125. The van der Waals surface area contributed by atoms with Crippen LogP contribution in [0.15, 0.2) is 123 Å². The quantitative estimate of drug-likeness (QED) is 0.0915. The first-order chi connectivity index (χ1) is 28.6. The number of phenolic OH excluding ortho intramolecular Hbond substituents is 2. The molecule has 2 atom stereocenters. The number of rotatable bonds is 10. The van der Waals surface area contributed by atoms with Gasteiger partial charge in [0, 0.05) is 27.4 Å². The SMILES string of the molecule is CC1=NN(c2cccc(S(=O)(=O)O)c2)C(=O)C1N=Nc1cc(Cl)cc(S(=O)(=O)O)c1O.CC1=NN(c2cccc(S(=O)(=O)O)c2)C(=O)C1N=Nc1cc(Cl)cc(S(=O)(=O)O)c1O.[Cr]. The number of amides is 2. The van der Waals surface area contributed by atoms with Crippen LogP contribution in [0.5, 0.6) is 11.5 Å². The van der Waals surface area contributed by atoms with E-state index in [2.05, 4.69) is 30.7 Å². The zero-order valence-electron chi connectivity index (χ0n) is 31.2. The molecule has 63 heavy (non-hydrogen) atoms. The zero-order valence-corrected chi connectivity index (χ0v) is 37.3. The summed E-state index contributed by atoms with van der Waals surface area (Å²) in [4.78, 5) is 22.7. The third-order valence-corrected chi connectivity index (χ3v) is 11.9. The Morgan fingerprint density at radius 1 is 0.556 bits per heavy atom. The summed E-state index contributed by atoms with van der Waals surface area (Å²) in [5, 5.41) is 44.3. The fourth-order valence-electron chi connectivity index (χ4n) is 5.21. The van der Waals surface area contributed by atoms with Crippen molar-refractivity contribution >= 4 is 110 Å². The molecule has 2 unspecified atom stereocenters. The number of phenols is 2. The van der Waals surface area contributed by atoms with Gasteiger partial charge in [-0.05, 0) is 74.5 Å². The standard InChI is InChI=1S/2C16H13ClN4O8S2.Cr/c2*1-8-14(19-18-12-5-9(17)6-13(15(12)22)31(27,28)29)16(23)21(20-8)10-3-2-4-11(7-10)30(24,25)26;/h2*2-7,14,22H,1H3,(H,24,25,26)(H,27,28,29);. The van der Waals surface area contributed by atoms with Crippen LogP contribution < -0.4 is 10.0 Å². The molecule has 0 bridgehead atoms. The van der Waals surface area contributed by atoms with E-state index in [1.54, 1.807) is 0 Å². The zero-order chi connectivity index (χ0) is 46.3. The van der Waals surface area contributed by atoms with E-state index in [9.17, 15) is 53.5 Å². The Bertz CT molecular complexity index is 2930. The Balaban J connectivity index is 0.000000272. The summed E-state index contributed by atoms with van der Waals surface area (Å²) in [5.41, 5.74) is -0.460. The van der Waals surface area contributed by atoms with Gasteiger partial charge in [-0.3, -0.25) is 27.8 Å². The van der Waals surface area contributed by atoms with Crippen LogP contribution in [-0.2, 0) is 67.4 Å². The maximum atomic E-state index is 12.7. The van der Waals surface area contributed by atoms with E-state index in [1.807, 2.05) is 0 Å². The molecule has 2 amide bonds. The molecule has 31 heteroatoms. The van der Waals surface area contributed by atoms with Crippen LogP contribution >= 0.6 is 23.2 Å². The molecule has 0 spiro atoms. The second-order valence-corrected chi connectivity index (χ2v) is 19.0. The average Bonchev–Trinajstić information content (AvgIpc) is 3.62. The minimum atomic E-state index is -4.80. The topological polar surface area (TPSA) is 373 Å². The molecule has 4 aromatic rings. The summed E-state index contributed by atoms with van der Waals surface area (Å²) in [6.07, 6.45) is 0. The Hall–Kier alpha value is -5.29. The van der Waals surface area contributed by atoms with E-state index >= 15 is 0 Å². The molecule has 0 radical (unpaired) electrons. The maximum absolute atomic E-state index is 12.7. The van der Waals surface area contributed by atoms with E-state index in [0.29, 0.717) is 0 Å². The smallest absolute Gasteiger partial charge is 0.298 e.